The highest BCUT2D eigenvalue weighted by molar-refractivity contribution is 6.20. The van der Waals surface area contributed by atoms with Gasteiger partial charge in [-0.05, 0) is 29.8 Å². The van der Waals surface area contributed by atoms with E-state index in [0.717, 1.165) is 16.5 Å². The van der Waals surface area contributed by atoms with Crippen LogP contribution in [0.2, 0.25) is 0 Å². The van der Waals surface area contributed by atoms with Crippen LogP contribution in [0.3, 0.4) is 0 Å². The number of fused-ring (bicyclic) bond motifs is 1. The predicted molar refractivity (Wildman–Crippen MR) is 94.6 cm³/mol. The van der Waals surface area contributed by atoms with E-state index >= 15 is 0 Å². The normalized spacial score (nSPS) is 11.5. The van der Waals surface area contributed by atoms with Crippen molar-refractivity contribution < 1.29 is 14.3 Å². The van der Waals surface area contributed by atoms with E-state index in [1.165, 1.54) is 14.0 Å². The van der Waals surface area contributed by atoms with Gasteiger partial charge in [0.15, 0.2) is 5.78 Å². The number of rotatable bonds is 4. The molecule has 2 aromatic carbocycles. The zero-order chi connectivity index (χ0) is 17.1. The second kappa shape index (κ2) is 6.54. The molecule has 24 heavy (non-hydrogen) atoms. The first-order valence-corrected chi connectivity index (χ1v) is 7.58. The van der Waals surface area contributed by atoms with Crippen LogP contribution in [0.15, 0.2) is 60.8 Å². The van der Waals surface area contributed by atoms with E-state index in [0.29, 0.717) is 11.3 Å². The number of benzene rings is 2. The molecule has 0 saturated carbocycles. The summed E-state index contributed by atoms with van der Waals surface area (Å²) in [6.07, 6.45) is 3.64. The van der Waals surface area contributed by atoms with Gasteiger partial charge in [-0.15, -0.1) is 0 Å². The van der Waals surface area contributed by atoms with Gasteiger partial charge < -0.3 is 9.30 Å². The van der Waals surface area contributed by atoms with Crippen LogP contribution < -0.4 is 0 Å². The number of carbonyl (C=O) groups excluding carboxylic acids is 2. The summed E-state index contributed by atoms with van der Waals surface area (Å²) >= 11 is 0. The van der Waals surface area contributed by atoms with Crippen molar-refractivity contribution in [2.24, 2.45) is 0 Å². The van der Waals surface area contributed by atoms with Crippen LogP contribution >= 0.6 is 0 Å². The van der Waals surface area contributed by atoms with Gasteiger partial charge in [0.05, 0.1) is 23.9 Å². The summed E-state index contributed by atoms with van der Waals surface area (Å²) in [5, 5.41) is 0.754. The second-order valence-electron chi connectivity index (χ2n) is 5.41. The first-order chi connectivity index (χ1) is 11.6. The average molecular weight is 319 g/mol. The predicted octanol–water partition coefficient (Wildman–Crippen LogP) is 4.02. The van der Waals surface area contributed by atoms with Crippen LogP contribution in [0.5, 0.6) is 0 Å². The Kier molecular flexibility index (Phi) is 4.29. The minimum absolute atomic E-state index is 0.0557. The van der Waals surface area contributed by atoms with E-state index in [-0.39, 0.29) is 5.78 Å². The molecule has 0 aliphatic heterocycles. The molecule has 3 rings (SSSR count). The van der Waals surface area contributed by atoms with Crippen molar-refractivity contribution in [3.05, 3.63) is 71.9 Å². The number of ketones is 1. The molecule has 0 aliphatic rings. The van der Waals surface area contributed by atoms with E-state index in [4.69, 9.17) is 4.74 Å². The number of hydrogen-bond donors (Lipinski definition) is 0. The fraction of sp³-hybridized carbons (Fsp3) is 0.100. The zero-order valence-electron chi connectivity index (χ0n) is 13.5. The van der Waals surface area contributed by atoms with E-state index in [1.807, 2.05) is 48.5 Å². The van der Waals surface area contributed by atoms with Gasteiger partial charge >= 0.3 is 5.97 Å². The van der Waals surface area contributed by atoms with E-state index in [2.05, 4.69) is 0 Å². The Morgan fingerprint density at radius 3 is 2.42 bits per heavy atom. The SMILES string of the molecule is COC(=O)c1cccc2c1ccn2/C(=C\c1ccccc1)C(C)=O. The van der Waals surface area contributed by atoms with Crippen LogP contribution in [0, 0.1) is 0 Å². The molecule has 0 bridgehead atoms. The number of Topliss-reactive ketones (excluding diaryl/α,β-unsaturated/α-hetero) is 1. The third-order valence-corrected chi connectivity index (χ3v) is 3.86. The van der Waals surface area contributed by atoms with Crippen LogP contribution in [-0.4, -0.2) is 23.4 Å². The summed E-state index contributed by atoms with van der Waals surface area (Å²) in [4.78, 5) is 24.1. The first kappa shape index (κ1) is 15.7. The summed E-state index contributed by atoms with van der Waals surface area (Å²) in [5.74, 6) is -0.449. The fourth-order valence-corrected chi connectivity index (χ4v) is 2.71. The van der Waals surface area contributed by atoms with Crippen molar-refractivity contribution in [3.63, 3.8) is 0 Å². The van der Waals surface area contributed by atoms with Gasteiger partial charge in [-0.1, -0.05) is 36.4 Å². The number of carbonyl (C=O) groups is 2. The maximum absolute atomic E-state index is 12.2. The molecule has 120 valence electrons. The number of aromatic nitrogens is 1. The Morgan fingerprint density at radius 2 is 1.75 bits per heavy atom. The molecule has 0 aliphatic carbocycles. The van der Waals surface area contributed by atoms with Gasteiger partial charge in [0.2, 0.25) is 0 Å². The summed E-state index contributed by atoms with van der Waals surface area (Å²) in [7, 11) is 1.36. The highest BCUT2D eigenvalue weighted by Crippen LogP contribution is 2.25. The highest BCUT2D eigenvalue weighted by Gasteiger charge is 2.15. The fourth-order valence-electron chi connectivity index (χ4n) is 2.71. The molecular formula is C20H17NO3. The number of methoxy groups -OCH3 is 1. The Bertz CT molecular complexity index is 936. The molecule has 0 atom stereocenters. The van der Waals surface area contributed by atoms with Crippen LogP contribution in [-0.2, 0) is 9.53 Å². The Morgan fingerprint density at radius 1 is 1.00 bits per heavy atom. The molecular weight excluding hydrogens is 302 g/mol. The molecule has 1 aromatic heterocycles. The lowest BCUT2D eigenvalue weighted by Gasteiger charge is -2.09. The van der Waals surface area contributed by atoms with Crippen LogP contribution in [0.1, 0.15) is 22.8 Å². The van der Waals surface area contributed by atoms with Crippen LogP contribution in [0.25, 0.3) is 22.7 Å². The van der Waals surface area contributed by atoms with E-state index < -0.39 is 5.97 Å². The molecule has 3 aromatic rings. The van der Waals surface area contributed by atoms with Gasteiger partial charge in [-0.3, -0.25) is 4.79 Å². The van der Waals surface area contributed by atoms with E-state index in [9.17, 15) is 9.59 Å². The molecule has 1 heterocycles. The second-order valence-corrected chi connectivity index (χ2v) is 5.41. The minimum Gasteiger partial charge on any atom is -0.465 e. The van der Waals surface area contributed by atoms with Gasteiger partial charge in [-0.25, -0.2) is 4.79 Å². The topological polar surface area (TPSA) is 48.3 Å². The molecule has 0 N–H and O–H groups in total. The smallest absolute Gasteiger partial charge is 0.338 e. The summed E-state index contributed by atoms with van der Waals surface area (Å²) < 4.78 is 6.63. The zero-order valence-corrected chi connectivity index (χ0v) is 13.5. The first-order valence-electron chi connectivity index (χ1n) is 7.58. The summed E-state index contributed by atoms with van der Waals surface area (Å²) in [6.45, 7) is 1.53. The quantitative estimate of drug-likeness (QED) is 0.539. The maximum Gasteiger partial charge on any atom is 0.338 e. The summed E-state index contributed by atoms with van der Waals surface area (Å²) in [6, 6.07) is 16.9. The largest absolute Gasteiger partial charge is 0.465 e. The van der Waals surface area contributed by atoms with E-state index in [1.54, 1.807) is 22.9 Å². The Labute approximate surface area is 140 Å². The minimum atomic E-state index is -0.394. The van der Waals surface area contributed by atoms with Crippen LogP contribution in [0.4, 0.5) is 0 Å². The lowest BCUT2D eigenvalue weighted by molar-refractivity contribution is -0.112. The molecule has 4 nitrogen and oxygen atoms in total. The average Bonchev–Trinajstić information content (AvgIpc) is 3.03. The molecule has 0 amide bonds. The Hall–Kier alpha value is -3.14. The lowest BCUT2D eigenvalue weighted by atomic mass is 10.1. The molecule has 0 fully saturated rings. The lowest BCUT2D eigenvalue weighted by Crippen LogP contribution is -2.05. The number of ether oxygens (including phenoxy) is 1. The molecule has 0 unspecified atom stereocenters. The van der Waals surface area contributed by atoms with Crippen molar-refractivity contribution in [2.75, 3.05) is 7.11 Å². The third-order valence-electron chi connectivity index (χ3n) is 3.86. The monoisotopic (exact) mass is 319 g/mol. The highest BCUT2D eigenvalue weighted by atomic mass is 16.5. The van der Waals surface area contributed by atoms with Crippen molar-refractivity contribution in [3.8, 4) is 0 Å². The number of allylic oxidation sites excluding steroid dienone is 1. The molecule has 0 saturated heterocycles. The van der Waals surface area contributed by atoms with Crippen molar-refractivity contribution in [2.45, 2.75) is 6.92 Å². The Balaban J connectivity index is 2.19. The van der Waals surface area contributed by atoms with Gasteiger partial charge in [0, 0.05) is 18.5 Å². The van der Waals surface area contributed by atoms with Gasteiger partial charge in [0.1, 0.15) is 0 Å². The number of hydrogen-bond acceptors (Lipinski definition) is 3. The molecule has 0 spiro atoms. The standard InChI is InChI=1S/C20H17NO3/c1-14(22)19(13-15-7-4-3-5-8-15)21-12-11-16-17(20(23)24-2)9-6-10-18(16)21/h3-13H,1-2H3/b19-13-. The van der Waals surface area contributed by atoms with Gasteiger partial charge in [-0.2, -0.15) is 0 Å². The van der Waals surface area contributed by atoms with Crippen molar-refractivity contribution in [1.82, 2.24) is 4.57 Å². The third kappa shape index (κ3) is 2.86. The van der Waals surface area contributed by atoms with Gasteiger partial charge in [0.25, 0.3) is 0 Å². The van der Waals surface area contributed by atoms with Crippen molar-refractivity contribution in [1.29, 1.82) is 0 Å². The number of nitrogens with zero attached hydrogens (tertiary/aromatic N) is 1. The summed E-state index contributed by atoms with van der Waals surface area (Å²) in [5.41, 5.74) is 2.75. The van der Waals surface area contributed by atoms with Crippen molar-refractivity contribution >= 4 is 34.4 Å². The maximum atomic E-state index is 12.2. The number of esters is 1. The molecule has 0 radical (unpaired) electrons. The molecule has 4 heteroatoms.